The van der Waals surface area contributed by atoms with Crippen molar-refractivity contribution in [1.82, 2.24) is 4.98 Å². The lowest BCUT2D eigenvalue weighted by atomic mass is 10.3. The smallest absolute Gasteiger partial charge is 0.140 e. The van der Waals surface area contributed by atoms with E-state index in [9.17, 15) is 0 Å². The summed E-state index contributed by atoms with van der Waals surface area (Å²) in [7, 11) is 0. The number of pyridine rings is 1. The molecular weight excluding hydrogens is 273 g/mol. The van der Waals surface area contributed by atoms with Crippen molar-refractivity contribution in [1.29, 1.82) is 0 Å². The number of halogens is 2. The van der Waals surface area contributed by atoms with Gasteiger partial charge in [-0.25, -0.2) is 10.8 Å². The van der Waals surface area contributed by atoms with Crippen molar-refractivity contribution in [2.75, 3.05) is 5.43 Å². The minimum atomic E-state index is 0.383. The highest BCUT2D eigenvalue weighted by Gasteiger charge is 2.01. The summed E-state index contributed by atoms with van der Waals surface area (Å²) in [5.74, 6) is 6.48. The topological polar surface area (TPSA) is 60.2 Å². The van der Waals surface area contributed by atoms with Crippen molar-refractivity contribution in [3.63, 3.8) is 0 Å². The van der Waals surface area contributed by atoms with E-state index >= 15 is 0 Å². The van der Waals surface area contributed by atoms with Gasteiger partial charge in [0.05, 0.1) is 0 Å². The number of rotatable bonds is 4. The first-order valence-electron chi connectivity index (χ1n) is 5.18. The average Bonchev–Trinajstić information content (AvgIpc) is 2.35. The predicted octanol–water partition coefficient (Wildman–Crippen LogP) is 3.25. The number of anilines is 1. The molecule has 1 aromatic heterocycles. The van der Waals surface area contributed by atoms with Crippen LogP contribution in [0.1, 0.15) is 5.56 Å². The van der Waals surface area contributed by atoms with Crippen molar-refractivity contribution >= 4 is 29.0 Å². The third-order valence-electron chi connectivity index (χ3n) is 2.21. The largest absolute Gasteiger partial charge is 0.489 e. The van der Waals surface area contributed by atoms with Crippen LogP contribution in [0.4, 0.5) is 5.82 Å². The highest BCUT2D eigenvalue weighted by molar-refractivity contribution is 6.34. The Kier molecular flexibility index (Phi) is 4.25. The van der Waals surface area contributed by atoms with Crippen LogP contribution >= 0.6 is 23.2 Å². The Bertz CT molecular complexity index is 528. The summed E-state index contributed by atoms with van der Waals surface area (Å²) in [6.07, 6.45) is 1.65. The summed E-state index contributed by atoms with van der Waals surface area (Å²) < 4.78 is 5.59. The van der Waals surface area contributed by atoms with Gasteiger partial charge < -0.3 is 10.2 Å². The van der Waals surface area contributed by atoms with Gasteiger partial charge >= 0.3 is 0 Å². The van der Waals surface area contributed by atoms with E-state index < -0.39 is 0 Å². The fourth-order valence-corrected chi connectivity index (χ4v) is 1.93. The minimum absolute atomic E-state index is 0.383. The third-order valence-corrected chi connectivity index (χ3v) is 2.65. The zero-order valence-corrected chi connectivity index (χ0v) is 10.9. The zero-order valence-electron chi connectivity index (χ0n) is 9.36. The highest BCUT2D eigenvalue weighted by Crippen LogP contribution is 2.24. The van der Waals surface area contributed by atoms with Gasteiger partial charge in [0.1, 0.15) is 18.2 Å². The molecule has 0 spiro atoms. The van der Waals surface area contributed by atoms with Crippen LogP contribution in [0.25, 0.3) is 0 Å². The van der Waals surface area contributed by atoms with Crippen LogP contribution in [-0.2, 0) is 6.61 Å². The zero-order chi connectivity index (χ0) is 13.0. The average molecular weight is 284 g/mol. The second kappa shape index (κ2) is 5.91. The van der Waals surface area contributed by atoms with Crippen LogP contribution < -0.4 is 16.0 Å². The number of hydrogen-bond acceptors (Lipinski definition) is 4. The molecule has 0 saturated carbocycles. The SMILES string of the molecule is NNc1cc(COc2cc(Cl)cc(Cl)c2)ccn1. The van der Waals surface area contributed by atoms with Crippen LogP contribution in [-0.4, -0.2) is 4.98 Å². The number of nitrogen functional groups attached to an aromatic ring is 1. The van der Waals surface area contributed by atoms with Crippen molar-refractivity contribution in [3.05, 3.63) is 52.1 Å². The van der Waals surface area contributed by atoms with Gasteiger partial charge in [-0.2, -0.15) is 0 Å². The lowest BCUT2D eigenvalue weighted by Gasteiger charge is -2.08. The van der Waals surface area contributed by atoms with Gasteiger partial charge in [0, 0.05) is 16.2 Å². The molecule has 0 radical (unpaired) electrons. The third kappa shape index (κ3) is 3.50. The number of nitrogens with zero attached hydrogens (tertiary/aromatic N) is 1. The van der Waals surface area contributed by atoms with Crippen LogP contribution in [0.3, 0.4) is 0 Å². The molecule has 3 N–H and O–H groups in total. The molecule has 4 nitrogen and oxygen atoms in total. The van der Waals surface area contributed by atoms with E-state index in [2.05, 4.69) is 10.4 Å². The minimum Gasteiger partial charge on any atom is -0.489 e. The molecule has 2 aromatic rings. The lowest BCUT2D eigenvalue weighted by Crippen LogP contribution is -2.09. The molecule has 6 heteroatoms. The van der Waals surface area contributed by atoms with Gasteiger partial charge in [0.25, 0.3) is 0 Å². The molecule has 0 unspecified atom stereocenters. The summed E-state index contributed by atoms with van der Waals surface area (Å²) in [5, 5.41) is 1.08. The van der Waals surface area contributed by atoms with E-state index in [1.54, 1.807) is 30.5 Å². The molecule has 18 heavy (non-hydrogen) atoms. The predicted molar refractivity (Wildman–Crippen MR) is 72.8 cm³/mol. The van der Waals surface area contributed by atoms with Crippen LogP contribution in [0, 0.1) is 0 Å². The molecule has 0 aliphatic carbocycles. The van der Waals surface area contributed by atoms with Crippen molar-refractivity contribution in [2.45, 2.75) is 6.61 Å². The Morgan fingerprint density at radius 1 is 1.17 bits per heavy atom. The van der Waals surface area contributed by atoms with Gasteiger partial charge in [-0.05, 0) is 35.9 Å². The second-order valence-corrected chi connectivity index (χ2v) is 4.46. The fourth-order valence-electron chi connectivity index (χ4n) is 1.42. The summed E-state index contributed by atoms with van der Waals surface area (Å²) in [4.78, 5) is 4.01. The molecule has 1 heterocycles. The van der Waals surface area contributed by atoms with Gasteiger partial charge in [-0.3, -0.25) is 0 Å². The standard InChI is InChI=1S/C12H11Cl2N3O/c13-9-4-10(14)6-11(5-9)18-7-8-1-2-16-12(3-8)17-15/h1-6H,7,15H2,(H,16,17). The van der Waals surface area contributed by atoms with Crippen LogP contribution in [0.5, 0.6) is 5.75 Å². The Morgan fingerprint density at radius 3 is 2.56 bits per heavy atom. The molecule has 0 saturated heterocycles. The maximum atomic E-state index is 5.88. The quantitative estimate of drug-likeness (QED) is 0.668. The Balaban J connectivity index is 2.06. The summed E-state index contributed by atoms with van der Waals surface area (Å²) in [6.45, 7) is 0.383. The molecule has 2 rings (SSSR count). The lowest BCUT2D eigenvalue weighted by molar-refractivity contribution is 0.306. The fraction of sp³-hybridized carbons (Fsp3) is 0.0833. The Hall–Kier alpha value is -1.49. The molecule has 0 aliphatic rings. The van der Waals surface area contributed by atoms with E-state index in [1.165, 1.54) is 0 Å². The first-order chi connectivity index (χ1) is 8.67. The number of aromatic nitrogens is 1. The van der Waals surface area contributed by atoms with Gasteiger partial charge in [-0.1, -0.05) is 23.2 Å². The maximum Gasteiger partial charge on any atom is 0.140 e. The molecule has 0 amide bonds. The summed E-state index contributed by atoms with van der Waals surface area (Å²) in [6, 6.07) is 8.70. The number of nitrogens with two attached hydrogens (primary N) is 1. The highest BCUT2D eigenvalue weighted by atomic mass is 35.5. The van der Waals surface area contributed by atoms with Crippen LogP contribution in [0.15, 0.2) is 36.5 Å². The molecule has 94 valence electrons. The molecular formula is C12H11Cl2N3O. The molecule has 1 aromatic carbocycles. The van der Waals surface area contributed by atoms with Crippen LogP contribution in [0.2, 0.25) is 10.0 Å². The van der Waals surface area contributed by atoms with E-state index in [4.69, 9.17) is 33.8 Å². The van der Waals surface area contributed by atoms with Gasteiger partial charge in [0.15, 0.2) is 0 Å². The van der Waals surface area contributed by atoms with E-state index in [0.717, 1.165) is 5.56 Å². The Labute approximate surface area is 115 Å². The molecule has 0 aliphatic heterocycles. The number of hydrazine groups is 1. The van der Waals surface area contributed by atoms with Crippen molar-refractivity contribution in [3.8, 4) is 5.75 Å². The molecule has 0 atom stereocenters. The molecule has 0 bridgehead atoms. The number of benzene rings is 1. The van der Waals surface area contributed by atoms with Crippen molar-refractivity contribution in [2.24, 2.45) is 5.84 Å². The maximum absolute atomic E-state index is 5.88. The first kappa shape index (κ1) is 13.0. The number of ether oxygens (including phenoxy) is 1. The van der Waals surface area contributed by atoms with E-state index in [0.29, 0.717) is 28.2 Å². The van der Waals surface area contributed by atoms with Crippen molar-refractivity contribution < 1.29 is 4.74 Å². The normalized spacial score (nSPS) is 10.2. The molecule has 0 fully saturated rings. The summed E-state index contributed by atoms with van der Waals surface area (Å²) in [5.41, 5.74) is 3.41. The number of hydrogen-bond donors (Lipinski definition) is 2. The van der Waals surface area contributed by atoms with E-state index in [1.807, 2.05) is 6.07 Å². The number of nitrogens with one attached hydrogen (secondary N) is 1. The van der Waals surface area contributed by atoms with E-state index in [-0.39, 0.29) is 0 Å². The monoisotopic (exact) mass is 283 g/mol. The Morgan fingerprint density at radius 2 is 1.89 bits per heavy atom. The van der Waals surface area contributed by atoms with Gasteiger partial charge in [-0.15, -0.1) is 0 Å². The second-order valence-electron chi connectivity index (χ2n) is 3.59. The summed E-state index contributed by atoms with van der Waals surface area (Å²) >= 11 is 11.8. The first-order valence-corrected chi connectivity index (χ1v) is 5.93. The van der Waals surface area contributed by atoms with Gasteiger partial charge in [0.2, 0.25) is 0 Å².